The van der Waals surface area contributed by atoms with Crippen molar-refractivity contribution in [2.45, 2.75) is 32.5 Å². The molecule has 2 aliphatic rings. The smallest absolute Gasteiger partial charge is 0.269 e. The molecule has 6 heteroatoms. The van der Waals surface area contributed by atoms with Crippen LogP contribution in [0.2, 0.25) is 0 Å². The van der Waals surface area contributed by atoms with Gasteiger partial charge in [-0.15, -0.1) is 0 Å². The van der Waals surface area contributed by atoms with Crippen LogP contribution in [0, 0.1) is 18.8 Å². The highest BCUT2D eigenvalue weighted by Gasteiger charge is 2.55. The second-order valence-corrected chi connectivity index (χ2v) is 7.39. The highest BCUT2D eigenvalue weighted by Crippen LogP contribution is 2.44. The molecule has 4 rings (SSSR count). The molecule has 1 saturated heterocycles. The Bertz CT molecular complexity index is 806. The van der Waals surface area contributed by atoms with Crippen LogP contribution in [0.15, 0.2) is 30.3 Å². The Morgan fingerprint density at radius 1 is 1.35 bits per heavy atom. The van der Waals surface area contributed by atoms with E-state index in [4.69, 9.17) is 9.84 Å². The van der Waals surface area contributed by atoms with Crippen LogP contribution < -0.4 is 10.6 Å². The van der Waals surface area contributed by atoms with Crippen molar-refractivity contribution in [3.63, 3.8) is 0 Å². The Morgan fingerprint density at radius 3 is 2.77 bits per heavy atom. The van der Waals surface area contributed by atoms with Gasteiger partial charge in [-0.05, 0) is 38.1 Å². The molecule has 1 aliphatic carbocycles. The summed E-state index contributed by atoms with van der Waals surface area (Å²) >= 11 is 0. The second-order valence-electron chi connectivity index (χ2n) is 7.39. The average Bonchev–Trinajstić information content (AvgIpc) is 3.01. The van der Waals surface area contributed by atoms with Crippen molar-refractivity contribution in [3.8, 4) is 0 Å². The third-order valence-corrected chi connectivity index (χ3v) is 5.63. The summed E-state index contributed by atoms with van der Waals surface area (Å²) < 4.78 is 7.28. The highest BCUT2D eigenvalue weighted by molar-refractivity contribution is 5.93. The van der Waals surface area contributed by atoms with Crippen molar-refractivity contribution in [1.29, 1.82) is 0 Å². The number of aromatic nitrogens is 2. The zero-order valence-electron chi connectivity index (χ0n) is 15.5. The maximum absolute atomic E-state index is 13.0. The van der Waals surface area contributed by atoms with E-state index in [1.54, 1.807) is 0 Å². The first-order valence-electron chi connectivity index (χ1n) is 9.27. The molecule has 3 atom stereocenters. The summed E-state index contributed by atoms with van der Waals surface area (Å²) in [6.07, 6.45) is 0. The molecule has 0 bridgehead atoms. The molecule has 26 heavy (non-hydrogen) atoms. The quantitative estimate of drug-likeness (QED) is 0.831. The first-order chi connectivity index (χ1) is 12.6. The fourth-order valence-electron chi connectivity index (χ4n) is 4.04. The largest absolute Gasteiger partial charge is 0.381 e. The maximum atomic E-state index is 13.0. The number of rotatable bonds is 6. The number of fused-ring (bicyclic) bond motifs is 1. The molecule has 2 aromatic rings. The Labute approximate surface area is 153 Å². The molecule has 3 unspecified atom stereocenters. The Morgan fingerprint density at radius 2 is 2.08 bits per heavy atom. The number of hydrogen-bond donors (Lipinski definition) is 2. The topological polar surface area (TPSA) is 68.2 Å². The van der Waals surface area contributed by atoms with Crippen molar-refractivity contribution >= 4 is 5.91 Å². The van der Waals surface area contributed by atoms with Gasteiger partial charge in [-0.1, -0.05) is 24.3 Å². The Hall–Kier alpha value is -2.18. The van der Waals surface area contributed by atoms with Crippen LogP contribution in [-0.4, -0.2) is 42.0 Å². The number of aryl methyl sites for hydroxylation is 1. The normalized spacial score (nSPS) is 25.0. The SMILES string of the molecule is CNCc1cc(C(=O)NC2C3COCC32)n(C(C)c2ccccc2C)n1. The van der Waals surface area contributed by atoms with Gasteiger partial charge in [0.2, 0.25) is 0 Å². The summed E-state index contributed by atoms with van der Waals surface area (Å²) in [5.41, 5.74) is 3.87. The third-order valence-electron chi connectivity index (χ3n) is 5.63. The number of nitrogens with zero attached hydrogens (tertiary/aromatic N) is 2. The molecular weight excluding hydrogens is 328 g/mol. The minimum absolute atomic E-state index is 0.00964. The van der Waals surface area contributed by atoms with Gasteiger partial charge in [0.05, 0.1) is 24.9 Å². The van der Waals surface area contributed by atoms with Gasteiger partial charge >= 0.3 is 0 Å². The lowest BCUT2D eigenvalue weighted by molar-refractivity contribution is 0.0917. The fraction of sp³-hybridized carbons (Fsp3) is 0.500. The van der Waals surface area contributed by atoms with Crippen LogP contribution in [0.25, 0.3) is 0 Å². The van der Waals surface area contributed by atoms with Crippen LogP contribution in [0.1, 0.15) is 40.3 Å². The first kappa shape index (κ1) is 17.2. The average molecular weight is 354 g/mol. The number of carbonyl (C=O) groups excluding carboxylic acids is 1. The minimum atomic E-state index is -0.0420. The van der Waals surface area contributed by atoms with Gasteiger partial charge in [0.1, 0.15) is 5.69 Å². The van der Waals surface area contributed by atoms with E-state index >= 15 is 0 Å². The summed E-state index contributed by atoms with van der Waals surface area (Å²) in [5, 5.41) is 11.0. The molecule has 138 valence electrons. The third kappa shape index (κ3) is 3.04. The maximum Gasteiger partial charge on any atom is 0.269 e. The first-order valence-corrected chi connectivity index (χ1v) is 9.27. The van der Waals surface area contributed by atoms with Crippen LogP contribution >= 0.6 is 0 Å². The van der Waals surface area contributed by atoms with Gasteiger partial charge in [-0.2, -0.15) is 5.10 Å². The molecule has 6 nitrogen and oxygen atoms in total. The summed E-state index contributed by atoms with van der Waals surface area (Å²) in [4.78, 5) is 13.0. The van der Waals surface area contributed by atoms with Crippen molar-refractivity contribution in [2.75, 3.05) is 20.3 Å². The van der Waals surface area contributed by atoms with Gasteiger partial charge in [0.15, 0.2) is 0 Å². The number of ether oxygens (including phenoxy) is 1. The van der Waals surface area contributed by atoms with E-state index in [0.29, 0.717) is 24.1 Å². The lowest BCUT2D eigenvalue weighted by atomic mass is 10.0. The summed E-state index contributed by atoms with van der Waals surface area (Å²) in [6.45, 7) is 6.35. The van der Waals surface area contributed by atoms with Crippen molar-refractivity contribution in [2.24, 2.45) is 11.8 Å². The fourth-order valence-corrected chi connectivity index (χ4v) is 4.04. The van der Waals surface area contributed by atoms with Crippen LogP contribution in [-0.2, 0) is 11.3 Å². The predicted molar refractivity (Wildman–Crippen MR) is 99.0 cm³/mol. The highest BCUT2D eigenvalue weighted by atomic mass is 16.5. The van der Waals surface area contributed by atoms with E-state index in [-0.39, 0.29) is 18.0 Å². The van der Waals surface area contributed by atoms with Crippen molar-refractivity contribution in [3.05, 3.63) is 52.8 Å². The predicted octanol–water partition coefficient (Wildman–Crippen LogP) is 1.89. The molecule has 2 fully saturated rings. The molecule has 2 N–H and O–H groups in total. The lowest BCUT2D eigenvalue weighted by Gasteiger charge is -2.18. The van der Waals surface area contributed by atoms with E-state index < -0.39 is 0 Å². The number of hydrogen-bond acceptors (Lipinski definition) is 4. The number of nitrogens with one attached hydrogen (secondary N) is 2. The molecule has 1 amide bonds. The van der Waals surface area contributed by atoms with E-state index in [9.17, 15) is 4.79 Å². The van der Waals surface area contributed by atoms with E-state index in [2.05, 4.69) is 36.6 Å². The van der Waals surface area contributed by atoms with Crippen molar-refractivity contribution in [1.82, 2.24) is 20.4 Å². The Balaban J connectivity index is 1.61. The summed E-state index contributed by atoms with van der Waals surface area (Å²) in [5.74, 6) is 0.932. The molecule has 1 aromatic carbocycles. The van der Waals surface area contributed by atoms with Crippen molar-refractivity contribution < 1.29 is 9.53 Å². The summed E-state index contributed by atoms with van der Waals surface area (Å²) in [7, 11) is 1.88. The second kappa shape index (κ2) is 6.85. The van der Waals surface area contributed by atoms with E-state index in [1.807, 2.05) is 29.9 Å². The van der Waals surface area contributed by atoms with Crippen LogP contribution in [0.3, 0.4) is 0 Å². The van der Waals surface area contributed by atoms with Gasteiger partial charge in [0, 0.05) is 24.4 Å². The monoisotopic (exact) mass is 354 g/mol. The zero-order chi connectivity index (χ0) is 18.3. The summed E-state index contributed by atoms with van der Waals surface area (Å²) in [6, 6.07) is 10.4. The molecule has 0 spiro atoms. The van der Waals surface area contributed by atoms with E-state index in [0.717, 1.165) is 18.9 Å². The minimum Gasteiger partial charge on any atom is -0.381 e. The number of carbonyl (C=O) groups is 1. The Kier molecular flexibility index (Phi) is 4.54. The number of amides is 1. The van der Waals surface area contributed by atoms with Gasteiger partial charge in [-0.25, -0.2) is 0 Å². The van der Waals surface area contributed by atoms with E-state index in [1.165, 1.54) is 11.1 Å². The standard InChI is InChI=1S/C20H26N4O2/c1-12-6-4-5-7-15(12)13(2)24-18(8-14(23-24)9-21-3)20(25)22-19-16-10-26-11-17(16)19/h4-8,13,16-17,19,21H,9-11H2,1-3H3,(H,22,25). The molecule has 1 saturated carbocycles. The lowest BCUT2D eigenvalue weighted by Crippen LogP contribution is -2.32. The van der Waals surface area contributed by atoms with Gasteiger partial charge in [0.25, 0.3) is 5.91 Å². The molecular formula is C20H26N4O2. The molecule has 1 aromatic heterocycles. The molecule has 0 radical (unpaired) electrons. The molecule has 2 heterocycles. The van der Waals surface area contributed by atoms with Gasteiger partial charge in [-0.3, -0.25) is 9.48 Å². The zero-order valence-corrected chi connectivity index (χ0v) is 15.5. The molecule has 1 aliphatic heterocycles. The number of benzene rings is 1. The van der Waals surface area contributed by atoms with Crippen LogP contribution in [0.5, 0.6) is 0 Å². The van der Waals surface area contributed by atoms with Crippen LogP contribution in [0.4, 0.5) is 0 Å². The van der Waals surface area contributed by atoms with Gasteiger partial charge < -0.3 is 15.4 Å².